The number of hydrogen-bond acceptors (Lipinski definition) is 3. The van der Waals surface area contributed by atoms with Crippen molar-refractivity contribution in [2.45, 2.75) is 6.42 Å². The highest BCUT2D eigenvalue weighted by molar-refractivity contribution is 8.11. The molecule has 0 aliphatic heterocycles. The molecule has 0 aromatic carbocycles. The molecule has 0 aliphatic carbocycles. The predicted octanol–water partition coefficient (Wildman–Crippen LogP) is 1.01. The van der Waals surface area contributed by atoms with Crippen LogP contribution in [0.2, 0.25) is 0 Å². The lowest BCUT2D eigenvalue weighted by Gasteiger charge is -1.91. The SMILES string of the molecule is N#CCc1ccn(C(=S)S)n1. The summed E-state index contributed by atoms with van der Waals surface area (Å²) < 4.78 is 1.83. The van der Waals surface area contributed by atoms with Crippen LogP contribution in [-0.4, -0.2) is 14.1 Å². The third-order valence-corrected chi connectivity index (χ3v) is 1.49. The van der Waals surface area contributed by atoms with Gasteiger partial charge in [0.15, 0.2) is 4.32 Å². The molecule has 1 rings (SSSR count). The van der Waals surface area contributed by atoms with Gasteiger partial charge in [0.1, 0.15) is 0 Å². The first-order chi connectivity index (χ1) is 5.24. The Morgan fingerprint density at radius 3 is 3.09 bits per heavy atom. The van der Waals surface area contributed by atoms with Crippen LogP contribution < -0.4 is 0 Å². The summed E-state index contributed by atoms with van der Waals surface area (Å²) in [5.41, 5.74) is 0.712. The normalized spacial score (nSPS) is 9.09. The molecule has 0 bridgehead atoms. The molecule has 11 heavy (non-hydrogen) atoms. The number of nitrogens with zero attached hydrogens (tertiary/aromatic N) is 3. The molecule has 0 radical (unpaired) electrons. The Kier molecular flexibility index (Phi) is 2.63. The molecule has 0 spiro atoms. The number of rotatable bonds is 1. The van der Waals surface area contributed by atoms with Crippen LogP contribution in [-0.2, 0) is 6.42 Å². The van der Waals surface area contributed by atoms with Crippen LogP contribution in [0.15, 0.2) is 12.3 Å². The van der Waals surface area contributed by atoms with Crippen LogP contribution in [0.3, 0.4) is 0 Å². The maximum Gasteiger partial charge on any atom is 0.158 e. The van der Waals surface area contributed by atoms with Gasteiger partial charge in [-0.25, -0.2) is 4.68 Å². The predicted molar refractivity (Wildman–Crippen MR) is 48.5 cm³/mol. The first kappa shape index (κ1) is 8.24. The summed E-state index contributed by atoms with van der Waals surface area (Å²) in [6.07, 6.45) is 1.99. The Morgan fingerprint density at radius 1 is 1.91 bits per heavy atom. The zero-order valence-electron chi connectivity index (χ0n) is 5.56. The van der Waals surface area contributed by atoms with Crippen LogP contribution in [0.4, 0.5) is 0 Å². The maximum absolute atomic E-state index is 8.32. The van der Waals surface area contributed by atoms with E-state index in [-0.39, 0.29) is 0 Å². The van der Waals surface area contributed by atoms with Crippen molar-refractivity contribution in [1.29, 1.82) is 5.26 Å². The van der Waals surface area contributed by atoms with Gasteiger partial charge in [0.05, 0.1) is 18.2 Å². The fraction of sp³-hybridized carbons (Fsp3) is 0.167. The molecule has 1 heterocycles. The Balaban J connectivity index is 2.83. The van der Waals surface area contributed by atoms with E-state index in [1.807, 2.05) is 6.07 Å². The zero-order valence-corrected chi connectivity index (χ0v) is 7.27. The molecular weight excluding hydrogens is 178 g/mol. The highest BCUT2D eigenvalue weighted by Crippen LogP contribution is 1.97. The van der Waals surface area contributed by atoms with Crippen molar-refractivity contribution in [3.8, 4) is 6.07 Å². The number of nitriles is 1. The highest BCUT2D eigenvalue weighted by atomic mass is 32.1. The first-order valence-corrected chi connectivity index (χ1v) is 3.74. The minimum Gasteiger partial charge on any atom is -0.223 e. The second kappa shape index (κ2) is 3.51. The summed E-state index contributed by atoms with van der Waals surface area (Å²) in [4.78, 5) is 0. The average Bonchev–Trinajstić information content (AvgIpc) is 2.37. The monoisotopic (exact) mass is 183 g/mol. The fourth-order valence-electron chi connectivity index (χ4n) is 0.644. The van der Waals surface area contributed by atoms with Crippen molar-refractivity contribution in [2.24, 2.45) is 0 Å². The van der Waals surface area contributed by atoms with Gasteiger partial charge in [-0.05, 0) is 6.07 Å². The molecule has 56 valence electrons. The van der Waals surface area contributed by atoms with E-state index < -0.39 is 0 Å². The van der Waals surface area contributed by atoms with Crippen LogP contribution in [0, 0.1) is 11.3 Å². The number of aromatic nitrogens is 2. The van der Waals surface area contributed by atoms with Crippen LogP contribution in [0.5, 0.6) is 0 Å². The Morgan fingerprint density at radius 2 is 2.64 bits per heavy atom. The van der Waals surface area contributed by atoms with Gasteiger partial charge in [0, 0.05) is 6.20 Å². The molecular formula is C6H5N3S2. The molecule has 0 aliphatic rings. The van der Waals surface area contributed by atoms with Crippen molar-refractivity contribution in [3.63, 3.8) is 0 Å². The van der Waals surface area contributed by atoms with Gasteiger partial charge in [-0.1, -0.05) is 12.2 Å². The summed E-state index contributed by atoms with van der Waals surface area (Å²) in [6.45, 7) is 0. The third kappa shape index (κ3) is 2.03. The van der Waals surface area contributed by atoms with Gasteiger partial charge in [-0.2, -0.15) is 10.4 Å². The smallest absolute Gasteiger partial charge is 0.158 e. The van der Waals surface area contributed by atoms with Crippen molar-refractivity contribution in [3.05, 3.63) is 18.0 Å². The molecule has 0 unspecified atom stereocenters. The third-order valence-electron chi connectivity index (χ3n) is 1.10. The highest BCUT2D eigenvalue weighted by Gasteiger charge is 1.98. The Labute approximate surface area is 75.0 Å². The molecule has 0 fully saturated rings. The molecule has 0 atom stereocenters. The van der Waals surface area contributed by atoms with E-state index in [4.69, 9.17) is 17.5 Å². The summed E-state index contributed by atoms with van der Waals surface area (Å²) in [5.74, 6) is 0. The van der Waals surface area contributed by atoms with Gasteiger partial charge in [0.25, 0.3) is 0 Å². The van der Waals surface area contributed by atoms with E-state index in [1.165, 1.54) is 4.68 Å². The second-order valence-corrected chi connectivity index (χ2v) is 2.98. The lowest BCUT2D eigenvalue weighted by atomic mass is 10.3. The second-order valence-electron chi connectivity index (χ2n) is 1.87. The van der Waals surface area contributed by atoms with Crippen molar-refractivity contribution >= 4 is 29.2 Å². The quantitative estimate of drug-likeness (QED) is 0.522. The van der Waals surface area contributed by atoms with Crippen LogP contribution >= 0.6 is 24.8 Å². The number of thiol groups is 1. The van der Waals surface area contributed by atoms with Gasteiger partial charge < -0.3 is 0 Å². The summed E-state index contributed by atoms with van der Waals surface area (Å²) in [7, 11) is 0. The standard InChI is InChI=1S/C6H5N3S2/c7-3-1-5-2-4-9(8-5)6(10)11/h2,4H,1H2,(H,10,11). The summed E-state index contributed by atoms with van der Waals surface area (Å²) in [5, 5.41) is 12.3. The lowest BCUT2D eigenvalue weighted by Crippen LogP contribution is -2.02. The molecule has 0 amide bonds. The van der Waals surface area contributed by atoms with E-state index in [0.717, 1.165) is 0 Å². The van der Waals surface area contributed by atoms with E-state index >= 15 is 0 Å². The molecule has 5 heteroatoms. The lowest BCUT2D eigenvalue weighted by molar-refractivity contribution is 0.922. The van der Waals surface area contributed by atoms with Crippen LogP contribution in [0.1, 0.15) is 5.69 Å². The molecule has 0 saturated heterocycles. The van der Waals surface area contributed by atoms with Gasteiger partial charge in [-0.3, -0.25) is 0 Å². The zero-order chi connectivity index (χ0) is 8.27. The molecule has 0 N–H and O–H groups in total. The van der Waals surface area contributed by atoms with Gasteiger partial charge >= 0.3 is 0 Å². The van der Waals surface area contributed by atoms with Crippen LogP contribution in [0.25, 0.3) is 0 Å². The fourth-order valence-corrected chi connectivity index (χ4v) is 0.857. The van der Waals surface area contributed by atoms with Crippen molar-refractivity contribution in [1.82, 2.24) is 9.78 Å². The van der Waals surface area contributed by atoms with Gasteiger partial charge in [0.2, 0.25) is 0 Å². The number of hydrogen-bond donors (Lipinski definition) is 1. The van der Waals surface area contributed by atoms with E-state index in [1.54, 1.807) is 12.3 Å². The first-order valence-electron chi connectivity index (χ1n) is 2.89. The summed E-state index contributed by atoms with van der Waals surface area (Å²) >= 11 is 8.66. The number of thiocarbonyl (C=S) groups is 1. The Hall–Kier alpha value is -0.860. The minimum atomic E-state index is 0.309. The van der Waals surface area contributed by atoms with E-state index in [9.17, 15) is 0 Å². The topological polar surface area (TPSA) is 41.6 Å². The molecule has 1 aromatic heterocycles. The van der Waals surface area contributed by atoms with Crippen molar-refractivity contribution < 1.29 is 0 Å². The minimum absolute atomic E-state index is 0.309. The van der Waals surface area contributed by atoms with Gasteiger partial charge in [-0.15, -0.1) is 12.6 Å². The molecule has 3 nitrogen and oxygen atoms in total. The average molecular weight is 183 g/mol. The Bertz CT molecular complexity index is 310. The molecule has 1 aromatic rings. The van der Waals surface area contributed by atoms with E-state index in [0.29, 0.717) is 16.4 Å². The maximum atomic E-state index is 8.32. The van der Waals surface area contributed by atoms with Crippen molar-refractivity contribution in [2.75, 3.05) is 0 Å². The molecule has 0 saturated carbocycles. The largest absolute Gasteiger partial charge is 0.223 e. The summed E-state index contributed by atoms with van der Waals surface area (Å²) in [6, 6.07) is 3.73. The van der Waals surface area contributed by atoms with E-state index in [2.05, 4.69) is 17.7 Å².